The molecule has 1 aromatic rings. The molecule has 1 heterocycles. The summed E-state index contributed by atoms with van der Waals surface area (Å²) < 4.78 is 10.8. The van der Waals surface area contributed by atoms with E-state index in [4.69, 9.17) is 9.47 Å². The molecule has 0 amide bonds. The average Bonchev–Trinajstić information content (AvgIpc) is 3.07. The summed E-state index contributed by atoms with van der Waals surface area (Å²) in [7, 11) is 0. The van der Waals surface area contributed by atoms with Crippen LogP contribution in [-0.2, 0) is 10.2 Å². The van der Waals surface area contributed by atoms with Crippen LogP contribution in [0.4, 0.5) is 0 Å². The molecule has 0 saturated carbocycles. The predicted octanol–water partition coefficient (Wildman–Crippen LogP) is 4.18. The second kappa shape index (κ2) is 5.16. The standard InChI is InChI=1S/C17H26O2/c1-16(2,3)12-17(4,5)13-6-8-14(9-7-13)18-10-15-11-19-15/h6-9,15H,10-12H2,1-5H3/t15-/m1/s1. The van der Waals surface area contributed by atoms with Crippen molar-refractivity contribution in [3.8, 4) is 5.75 Å². The lowest BCUT2D eigenvalue weighted by molar-refractivity contribution is 0.262. The maximum absolute atomic E-state index is 5.67. The first kappa shape index (κ1) is 14.4. The fourth-order valence-electron chi connectivity index (χ4n) is 2.78. The SMILES string of the molecule is CC(C)(C)CC(C)(C)c1ccc(OC[C@@H]2CO2)cc1. The lowest BCUT2D eigenvalue weighted by Gasteiger charge is -2.33. The van der Waals surface area contributed by atoms with Crippen molar-refractivity contribution in [1.82, 2.24) is 0 Å². The number of hydrogen-bond donors (Lipinski definition) is 0. The maximum Gasteiger partial charge on any atom is 0.119 e. The second-order valence-corrected chi connectivity index (χ2v) is 7.41. The summed E-state index contributed by atoms with van der Waals surface area (Å²) in [5.74, 6) is 0.936. The quantitative estimate of drug-likeness (QED) is 0.743. The third kappa shape index (κ3) is 4.54. The topological polar surface area (TPSA) is 21.8 Å². The molecular weight excluding hydrogens is 236 g/mol. The Kier molecular flexibility index (Phi) is 3.91. The molecule has 0 radical (unpaired) electrons. The first-order chi connectivity index (χ1) is 8.76. The Morgan fingerprint density at radius 2 is 1.68 bits per heavy atom. The number of epoxide rings is 1. The van der Waals surface area contributed by atoms with Crippen LogP contribution in [0.2, 0.25) is 0 Å². The molecule has 0 aromatic heterocycles. The van der Waals surface area contributed by atoms with Crippen molar-refractivity contribution < 1.29 is 9.47 Å². The average molecular weight is 262 g/mol. The molecule has 2 nitrogen and oxygen atoms in total. The lowest BCUT2D eigenvalue weighted by Crippen LogP contribution is -2.24. The highest BCUT2D eigenvalue weighted by Crippen LogP contribution is 2.36. The van der Waals surface area contributed by atoms with Crippen molar-refractivity contribution in [1.29, 1.82) is 0 Å². The Balaban J connectivity index is 1.99. The highest BCUT2D eigenvalue weighted by Gasteiger charge is 2.27. The van der Waals surface area contributed by atoms with E-state index >= 15 is 0 Å². The summed E-state index contributed by atoms with van der Waals surface area (Å²) in [6, 6.07) is 8.52. The van der Waals surface area contributed by atoms with Gasteiger partial charge in [0, 0.05) is 0 Å². The van der Waals surface area contributed by atoms with Crippen molar-refractivity contribution in [2.24, 2.45) is 5.41 Å². The molecule has 2 rings (SSSR count). The van der Waals surface area contributed by atoms with Gasteiger partial charge in [0.15, 0.2) is 0 Å². The Morgan fingerprint density at radius 1 is 1.11 bits per heavy atom. The minimum atomic E-state index is 0.191. The first-order valence-electron chi connectivity index (χ1n) is 7.11. The van der Waals surface area contributed by atoms with E-state index in [0.717, 1.165) is 18.8 Å². The molecule has 2 heteroatoms. The minimum absolute atomic E-state index is 0.191. The highest BCUT2D eigenvalue weighted by atomic mass is 16.6. The van der Waals surface area contributed by atoms with Gasteiger partial charge in [0.05, 0.1) is 6.61 Å². The van der Waals surface area contributed by atoms with Gasteiger partial charge >= 0.3 is 0 Å². The molecule has 1 aliphatic rings. The maximum atomic E-state index is 5.67. The van der Waals surface area contributed by atoms with Crippen molar-refractivity contribution in [2.45, 2.75) is 52.6 Å². The molecule has 106 valence electrons. The van der Waals surface area contributed by atoms with Gasteiger partial charge in [-0.1, -0.05) is 46.8 Å². The van der Waals surface area contributed by atoms with Crippen LogP contribution in [0.15, 0.2) is 24.3 Å². The molecule has 0 unspecified atom stereocenters. The normalized spacial score (nSPS) is 19.3. The van der Waals surface area contributed by atoms with Crippen molar-refractivity contribution in [3.63, 3.8) is 0 Å². The summed E-state index contributed by atoms with van der Waals surface area (Å²) in [4.78, 5) is 0. The van der Waals surface area contributed by atoms with Crippen molar-refractivity contribution >= 4 is 0 Å². The van der Waals surface area contributed by atoms with E-state index in [1.165, 1.54) is 5.56 Å². The zero-order chi connectivity index (χ0) is 14.1. The van der Waals surface area contributed by atoms with Gasteiger partial charge < -0.3 is 9.47 Å². The molecule has 1 fully saturated rings. The molecule has 19 heavy (non-hydrogen) atoms. The molecule has 0 bridgehead atoms. The van der Waals surface area contributed by atoms with Crippen LogP contribution in [0.25, 0.3) is 0 Å². The summed E-state index contributed by atoms with van der Waals surface area (Å²) in [6.07, 6.45) is 1.48. The van der Waals surface area contributed by atoms with Crippen LogP contribution in [-0.4, -0.2) is 19.3 Å². The van der Waals surface area contributed by atoms with Gasteiger partial charge in [-0.3, -0.25) is 0 Å². The monoisotopic (exact) mass is 262 g/mol. The van der Waals surface area contributed by atoms with E-state index in [9.17, 15) is 0 Å². The molecule has 1 aromatic carbocycles. The summed E-state index contributed by atoms with van der Waals surface area (Å²) in [6.45, 7) is 13.0. The van der Waals surface area contributed by atoms with E-state index in [1.807, 2.05) is 0 Å². The number of hydrogen-bond acceptors (Lipinski definition) is 2. The number of ether oxygens (including phenoxy) is 2. The molecule has 0 N–H and O–H groups in total. The zero-order valence-electron chi connectivity index (χ0n) is 12.8. The highest BCUT2D eigenvalue weighted by molar-refractivity contribution is 5.31. The molecular formula is C17H26O2. The van der Waals surface area contributed by atoms with Crippen LogP contribution in [0.5, 0.6) is 5.75 Å². The van der Waals surface area contributed by atoms with Gasteiger partial charge in [0.2, 0.25) is 0 Å². The second-order valence-electron chi connectivity index (χ2n) is 7.41. The zero-order valence-corrected chi connectivity index (χ0v) is 12.8. The predicted molar refractivity (Wildman–Crippen MR) is 78.8 cm³/mol. The minimum Gasteiger partial charge on any atom is -0.491 e. The van der Waals surface area contributed by atoms with Gasteiger partial charge in [0.1, 0.15) is 18.5 Å². The summed E-state index contributed by atoms with van der Waals surface area (Å²) in [5.41, 5.74) is 1.90. The molecule has 1 saturated heterocycles. The molecule has 0 aliphatic carbocycles. The molecule has 0 spiro atoms. The van der Waals surface area contributed by atoms with Gasteiger partial charge in [-0.2, -0.15) is 0 Å². The number of benzene rings is 1. The Hall–Kier alpha value is -1.02. The van der Waals surface area contributed by atoms with Crippen LogP contribution < -0.4 is 4.74 Å². The molecule has 1 aliphatic heterocycles. The van der Waals surface area contributed by atoms with Crippen LogP contribution >= 0.6 is 0 Å². The summed E-state index contributed by atoms with van der Waals surface area (Å²) >= 11 is 0. The van der Waals surface area contributed by atoms with Crippen molar-refractivity contribution in [2.75, 3.05) is 13.2 Å². The number of rotatable bonds is 5. The third-order valence-corrected chi connectivity index (χ3v) is 3.45. The fraction of sp³-hybridized carbons (Fsp3) is 0.647. The van der Waals surface area contributed by atoms with E-state index in [0.29, 0.717) is 18.1 Å². The smallest absolute Gasteiger partial charge is 0.119 e. The Bertz CT molecular complexity index is 408. The van der Waals surface area contributed by atoms with Crippen LogP contribution in [0, 0.1) is 5.41 Å². The largest absolute Gasteiger partial charge is 0.491 e. The Morgan fingerprint density at radius 3 is 2.16 bits per heavy atom. The van der Waals surface area contributed by atoms with E-state index in [2.05, 4.69) is 58.9 Å². The molecule has 1 atom stereocenters. The Labute approximate surface area is 117 Å². The van der Waals surface area contributed by atoms with Gasteiger partial charge in [-0.15, -0.1) is 0 Å². The summed E-state index contributed by atoms with van der Waals surface area (Å²) in [5, 5.41) is 0. The fourth-order valence-corrected chi connectivity index (χ4v) is 2.78. The third-order valence-electron chi connectivity index (χ3n) is 3.45. The lowest BCUT2D eigenvalue weighted by atomic mass is 9.72. The van der Waals surface area contributed by atoms with Gasteiger partial charge in [0.25, 0.3) is 0 Å². The van der Waals surface area contributed by atoms with Gasteiger partial charge in [-0.25, -0.2) is 0 Å². The van der Waals surface area contributed by atoms with Crippen molar-refractivity contribution in [3.05, 3.63) is 29.8 Å². The van der Waals surface area contributed by atoms with E-state index in [1.54, 1.807) is 0 Å². The van der Waals surface area contributed by atoms with Crippen LogP contribution in [0.3, 0.4) is 0 Å². The van der Waals surface area contributed by atoms with E-state index < -0.39 is 0 Å². The first-order valence-corrected chi connectivity index (χ1v) is 7.11. The van der Waals surface area contributed by atoms with Crippen LogP contribution in [0.1, 0.15) is 46.6 Å². The van der Waals surface area contributed by atoms with Gasteiger partial charge in [-0.05, 0) is 34.9 Å². The van der Waals surface area contributed by atoms with E-state index in [-0.39, 0.29) is 5.41 Å².